The number of hydrogen-bond acceptors (Lipinski definition) is 8. The van der Waals surface area contributed by atoms with Crippen molar-refractivity contribution in [3.63, 3.8) is 0 Å². The van der Waals surface area contributed by atoms with E-state index in [1.165, 1.54) is 11.3 Å². The van der Waals surface area contributed by atoms with Gasteiger partial charge in [0, 0.05) is 42.8 Å². The second kappa shape index (κ2) is 9.85. The highest BCUT2D eigenvalue weighted by Gasteiger charge is 2.50. The predicted octanol–water partition coefficient (Wildman–Crippen LogP) is 5.16. The first kappa shape index (κ1) is 26.2. The van der Waals surface area contributed by atoms with Crippen LogP contribution in [0.4, 0.5) is 0 Å². The molecular formula is C30H31N5O4S. The van der Waals surface area contributed by atoms with Crippen molar-refractivity contribution in [1.82, 2.24) is 24.8 Å². The van der Waals surface area contributed by atoms with E-state index in [9.17, 15) is 9.59 Å². The second-order valence-electron chi connectivity index (χ2n) is 11.5. The van der Waals surface area contributed by atoms with Gasteiger partial charge in [-0.05, 0) is 24.5 Å². The zero-order valence-corrected chi connectivity index (χ0v) is 23.8. The fraction of sp³-hybridized carbons (Fsp3) is 0.367. The first-order chi connectivity index (χ1) is 19.1. The normalized spacial score (nSPS) is 14.5. The number of ketones is 1. The second-order valence-corrected chi connectivity index (χ2v) is 12.5. The standard InChI is InChI=1S/C30H31N5O4S/c1-29(2,3)24-15-20(34-39-24)14-21(36)13-18-5-7-19(8-6-18)22-16-35-23-9-10-25(33-26(23)40-28(35)32-22)38-17-30(11-12-30)27(37)31-4/h5-10,15-16H,11-14,17H2,1-4H3,(H,31,37). The van der Waals surface area contributed by atoms with E-state index >= 15 is 0 Å². The average Bonchev–Trinajstić information content (AvgIpc) is 3.21. The number of thiazole rings is 1. The zero-order chi connectivity index (χ0) is 28.1. The Balaban J connectivity index is 1.11. The number of pyridine rings is 1. The molecule has 4 heterocycles. The van der Waals surface area contributed by atoms with Gasteiger partial charge in [0.2, 0.25) is 11.8 Å². The summed E-state index contributed by atoms with van der Waals surface area (Å²) in [6.07, 6.45) is 4.26. The number of aromatic nitrogens is 4. The number of Topliss-reactive ketones (excluding diaryl/α,β-unsaturated/α-hetero) is 1. The minimum atomic E-state index is -0.416. The molecule has 0 unspecified atom stereocenters. The molecule has 4 aromatic heterocycles. The molecule has 206 valence electrons. The third-order valence-corrected chi connectivity index (χ3v) is 8.29. The van der Waals surface area contributed by atoms with Crippen molar-refractivity contribution in [2.24, 2.45) is 5.41 Å². The molecule has 0 radical (unpaired) electrons. The molecule has 5 aromatic rings. The van der Waals surface area contributed by atoms with Crippen molar-refractivity contribution >= 4 is 38.3 Å². The lowest BCUT2D eigenvalue weighted by molar-refractivity contribution is -0.127. The maximum atomic E-state index is 12.6. The molecule has 0 aliphatic heterocycles. The Hall–Kier alpha value is -4.05. The van der Waals surface area contributed by atoms with Gasteiger partial charge in [0.05, 0.1) is 28.7 Å². The van der Waals surface area contributed by atoms with Crippen LogP contribution in [0.15, 0.2) is 53.2 Å². The highest BCUT2D eigenvalue weighted by molar-refractivity contribution is 7.23. The van der Waals surface area contributed by atoms with Gasteiger partial charge in [-0.15, -0.1) is 0 Å². The van der Waals surface area contributed by atoms with Crippen molar-refractivity contribution in [1.29, 1.82) is 0 Å². The maximum absolute atomic E-state index is 12.6. The maximum Gasteiger partial charge on any atom is 0.229 e. The van der Waals surface area contributed by atoms with Gasteiger partial charge in [0.15, 0.2) is 4.96 Å². The van der Waals surface area contributed by atoms with Crippen LogP contribution in [0.2, 0.25) is 0 Å². The van der Waals surface area contributed by atoms with E-state index in [1.54, 1.807) is 7.05 Å². The van der Waals surface area contributed by atoms with Crippen LogP contribution < -0.4 is 10.1 Å². The predicted molar refractivity (Wildman–Crippen MR) is 153 cm³/mol. The SMILES string of the molecule is CNC(=O)C1(COc2ccc3c(n2)sc2nc(-c4ccc(CC(=O)Cc5cc(C(C)(C)C)on5)cc4)cn23)CC1. The van der Waals surface area contributed by atoms with Crippen LogP contribution in [0.5, 0.6) is 5.88 Å². The summed E-state index contributed by atoms with van der Waals surface area (Å²) < 4.78 is 13.3. The fourth-order valence-electron chi connectivity index (χ4n) is 4.69. The van der Waals surface area contributed by atoms with E-state index in [1.807, 2.05) is 53.1 Å². The Bertz CT molecular complexity index is 1720. The molecule has 1 amide bonds. The lowest BCUT2D eigenvalue weighted by Gasteiger charge is -2.13. The Labute approximate surface area is 235 Å². The number of carbonyl (C=O) groups is 2. The monoisotopic (exact) mass is 557 g/mol. The minimum absolute atomic E-state index is 0.0246. The molecule has 0 bridgehead atoms. The Kier molecular flexibility index (Phi) is 6.45. The summed E-state index contributed by atoms with van der Waals surface area (Å²) in [5.41, 5.74) is 3.83. The average molecular weight is 558 g/mol. The summed E-state index contributed by atoms with van der Waals surface area (Å²) in [5.74, 6) is 1.40. The van der Waals surface area contributed by atoms with Gasteiger partial charge in [-0.1, -0.05) is 61.5 Å². The van der Waals surface area contributed by atoms with Crippen molar-refractivity contribution < 1.29 is 18.8 Å². The van der Waals surface area contributed by atoms with Crippen LogP contribution in [-0.2, 0) is 27.8 Å². The third kappa shape index (κ3) is 5.11. The van der Waals surface area contributed by atoms with E-state index in [4.69, 9.17) is 14.2 Å². The first-order valence-electron chi connectivity index (χ1n) is 13.3. The van der Waals surface area contributed by atoms with Gasteiger partial charge in [-0.2, -0.15) is 0 Å². The summed E-state index contributed by atoms with van der Waals surface area (Å²) >= 11 is 1.49. The molecule has 1 aromatic carbocycles. The largest absolute Gasteiger partial charge is 0.476 e. The number of benzene rings is 1. The van der Waals surface area contributed by atoms with Crippen LogP contribution in [-0.4, -0.2) is 44.9 Å². The quantitative estimate of drug-likeness (QED) is 0.267. The molecule has 0 spiro atoms. The Morgan fingerprint density at radius 1 is 1.10 bits per heavy atom. The number of ether oxygens (including phenoxy) is 1. The van der Waals surface area contributed by atoms with Crippen LogP contribution in [0.25, 0.3) is 26.6 Å². The number of rotatable bonds is 9. The number of nitrogens with zero attached hydrogens (tertiary/aromatic N) is 4. The smallest absolute Gasteiger partial charge is 0.229 e. The molecule has 0 atom stereocenters. The van der Waals surface area contributed by atoms with E-state index < -0.39 is 5.41 Å². The summed E-state index contributed by atoms with van der Waals surface area (Å²) in [7, 11) is 1.65. The summed E-state index contributed by atoms with van der Waals surface area (Å²) in [6.45, 7) is 6.49. The van der Waals surface area contributed by atoms with Crippen molar-refractivity contribution in [2.75, 3.05) is 13.7 Å². The van der Waals surface area contributed by atoms with E-state index in [2.05, 4.69) is 36.2 Å². The topological polar surface area (TPSA) is 112 Å². The minimum Gasteiger partial charge on any atom is -0.476 e. The van der Waals surface area contributed by atoms with Gasteiger partial charge in [-0.3, -0.25) is 14.0 Å². The third-order valence-electron chi connectivity index (χ3n) is 7.32. The molecule has 6 rings (SSSR count). The number of amides is 1. The molecule has 9 nitrogen and oxygen atoms in total. The molecule has 0 saturated heterocycles. The van der Waals surface area contributed by atoms with Gasteiger partial charge in [0.25, 0.3) is 0 Å². The Morgan fingerprint density at radius 3 is 2.55 bits per heavy atom. The van der Waals surface area contributed by atoms with Crippen LogP contribution in [0.1, 0.15) is 50.6 Å². The van der Waals surface area contributed by atoms with Crippen molar-refractivity contribution in [2.45, 2.75) is 51.9 Å². The van der Waals surface area contributed by atoms with E-state index in [0.717, 1.165) is 50.7 Å². The fourth-order valence-corrected chi connectivity index (χ4v) is 5.66. The highest BCUT2D eigenvalue weighted by atomic mass is 32.1. The zero-order valence-electron chi connectivity index (χ0n) is 23.0. The molecule has 1 aliphatic carbocycles. The van der Waals surface area contributed by atoms with Gasteiger partial charge in [0.1, 0.15) is 23.0 Å². The van der Waals surface area contributed by atoms with E-state index in [-0.39, 0.29) is 23.5 Å². The van der Waals surface area contributed by atoms with Gasteiger partial charge in [-0.25, -0.2) is 9.97 Å². The molecule has 10 heteroatoms. The summed E-state index contributed by atoms with van der Waals surface area (Å²) in [5, 5.41) is 6.78. The lowest BCUT2D eigenvalue weighted by atomic mass is 9.93. The van der Waals surface area contributed by atoms with Gasteiger partial charge < -0.3 is 14.6 Å². The lowest BCUT2D eigenvalue weighted by Crippen LogP contribution is -2.33. The molecule has 1 saturated carbocycles. The van der Waals surface area contributed by atoms with Crippen LogP contribution in [0, 0.1) is 5.41 Å². The summed E-state index contributed by atoms with van der Waals surface area (Å²) in [6, 6.07) is 13.6. The molecule has 1 aliphatic rings. The number of nitrogens with one attached hydrogen (secondary N) is 1. The Morgan fingerprint density at radius 2 is 1.88 bits per heavy atom. The van der Waals surface area contributed by atoms with Crippen LogP contribution >= 0.6 is 11.3 Å². The number of carbonyl (C=O) groups excluding carboxylic acids is 2. The highest BCUT2D eigenvalue weighted by Crippen LogP contribution is 2.46. The molecular weight excluding hydrogens is 526 g/mol. The van der Waals surface area contributed by atoms with Crippen molar-refractivity contribution in [3.05, 3.63) is 65.7 Å². The van der Waals surface area contributed by atoms with Crippen molar-refractivity contribution in [3.8, 4) is 17.1 Å². The molecule has 40 heavy (non-hydrogen) atoms. The number of imidazole rings is 1. The summed E-state index contributed by atoms with van der Waals surface area (Å²) in [4.78, 5) is 35.8. The molecule has 1 fully saturated rings. The van der Waals surface area contributed by atoms with Crippen LogP contribution in [0.3, 0.4) is 0 Å². The first-order valence-corrected chi connectivity index (χ1v) is 14.2. The molecule has 1 N–H and O–H groups in total. The number of hydrogen-bond donors (Lipinski definition) is 1. The van der Waals surface area contributed by atoms with Gasteiger partial charge >= 0.3 is 0 Å². The van der Waals surface area contributed by atoms with E-state index in [0.29, 0.717) is 24.6 Å². The number of fused-ring (bicyclic) bond motifs is 3.